The van der Waals surface area contributed by atoms with E-state index in [2.05, 4.69) is 39.9 Å². The monoisotopic (exact) mass is 405 g/mol. The van der Waals surface area contributed by atoms with Crippen molar-refractivity contribution in [3.8, 4) is 0 Å². The van der Waals surface area contributed by atoms with Crippen molar-refractivity contribution in [2.24, 2.45) is 0 Å². The first-order chi connectivity index (χ1) is 12.4. The molecule has 1 saturated heterocycles. The van der Waals surface area contributed by atoms with Gasteiger partial charge in [-0.15, -0.1) is 0 Å². The van der Waals surface area contributed by atoms with Gasteiger partial charge in [0.05, 0.1) is 19.1 Å². The van der Waals surface area contributed by atoms with Gasteiger partial charge in [0.1, 0.15) is 6.10 Å². The summed E-state index contributed by atoms with van der Waals surface area (Å²) in [5.74, 6) is 0. The lowest BCUT2D eigenvalue weighted by Crippen LogP contribution is -2.50. The molecule has 0 aromatic heterocycles. The molecule has 2 fully saturated rings. The number of sulfonamides is 1. The van der Waals surface area contributed by atoms with Crippen LogP contribution in [0.4, 0.5) is 0 Å². The van der Waals surface area contributed by atoms with Crippen LogP contribution in [0.15, 0.2) is 40.8 Å². The Morgan fingerprint density at radius 3 is 2.37 bits per heavy atom. The minimum atomic E-state index is -3.49. The highest BCUT2D eigenvalue weighted by Gasteiger charge is 2.62. The fourth-order valence-corrected chi connectivity index (χ4v) is 9.19. The number of hydrogen-bond acceptors (Lipinski definition) is 3. The standard InChI is InChI=1S/C21H31NO3SSi/c1-14-7-9-15(10-8-14)26(23,24)22-12-11-16-17(22)13-18(20-19(16)25-20)27(5,6)21(2,3)4/h7-11,17-20H,12-13H2,1-6H3/t17-,18-,19+,20-/m1/s1. The Morgan fingerprint density at radius 2 is 1.78 bits per heavy atom. The van der Waals surface area contributed by atoms with Gasteiger partial charge in [-0.25, -0.2) is 8.42 Å². The predicted octanol–water partition coefficient (Wildman–Crippen LogP) is 4.34. The largest absolute Gasteiger partial charge is 0.365 e. The van der Waals surface area contributed by atoms with Crippen LogP contribution in [0.3, 0.4) is 0 Å². The van der Waals surface area contributed by atoms with Crippen molar-refractivity contribution in [1.29, 1.82) is 0 Å². The number of aryl methyl sites for hydroxylation is 1. The molecule has 4 rings (SSSR count). The molecule has 2 aliphatic heterocycles. The average molecular weight is 406 g/mol. The van der Waals surface area contributed by atoms with Gasteiger partial charge < -0.3 is 4.74 Å². The van der Waals surface area contributed by atoms with E-state index < -0.39 is 18.1 Å². The first-order valence-corrected chi connectivity index (χ1v) is 14.4. The zero-order chi connectivity index (χ0) is 19.8. The number of rotatable bonds is 3. The summed E-state index contributed by atoms with van der Waals surface area (Å²) in [7, 11) is -5.13. The van der Waals surface area contributed by atoms with E-state index in [0.717, 1.165) is 12.0 Å². The van der Waals surface area contributed by atoms with Crippen LogP contribution < -0.4 is 0 Å². The average Bonchev–Trinajstić information content (AvgIpc) is 3.24. The highest BCUT2D eigenvalue weighted by Crippen LogP contribution is 2.58. The summed E-state index contributed by atoms with van der Waals surface area (Å²) in [6, 6.07) is 7.16. The van der Waals surface area contributed by atoms with E-state index in [4.69, 9.17) is 4.74 Å². The Bertz CT molecular complexity index is 883. The van der Waals surface area contributed by atoms with Crippen LogP contribution in [0.25, 0.3) is 0 Å². The maximum absolute atomic E-state index is 13.3. The number of fused-ring (bicyclic) bond motifs is 3. The molecule has 148 valence electrons. The van der Waals surface area contributed by atoms with Gasteiger partial charge in [0.25, 0.3) is 0 Å². The lowest BCUT2D eigenvalue weighted by Gasteiger charge is -2.46. The van der Waals surface area contributed by atoms with Crippen molar-refractivity contribution < 1.29 is 13.2 Å². The lowest BCUT2D eigenvalue weighted by atomic mass is 9.91. The summed E-state index contributed by atoms with van der Waals surface area (Å²) in [4.78, 5) is 0.394. The molecule has 0 spiro atoms. The number of epoxide rings is 1. The summed E-state index contributed by atoms with van der Waals surface area (Å²) >= 11 is 0. The molecule has 4 atom stereocenters. The van der Waals surface area contributed by atoms with Gasteiger partial charge in [-0.2, -0.15) is 4.31 Å². The molecule has 0 radical (unpaired) electrons. The molecule has 0 N–H and O–H groups in total. The second kappa shape index (κ2) is 6.02. The van der Waals surface area contributed by atoms with Gasteiger partial charge in [-0.3, -0.25) is 0 Å². The number of hydrogen-bond donors (Lipinski definition) is 0. The number of nitrogens with zero attached hydrogens (tertiary/aromatic N) is 1. The Balaban J connectivity index is 1.65. The van der Waals surface area contributed by atoms with Crippen molar-refractivity contribution in [3.05, 3.63) is 41.5 Å². The maximum atomic E-state index is 13.3. The molecule has 0 bridgehead atoms. The van der Waals surface area contributed by atoms with Crippen LogP contribution in [0.1, 0.15) is 32.8 Å². The molecule has 0 amide bonds. The van der Waals surface area contributed by atoms with Crippen molar-refractivity contribution >= 4 is 18.1 Å². The van der Waals surface area contributed by atoms with E-state index in [1.807, 2.05) is 19.1 Å². The molecule has 1 saturated carbocycles. The molecule has 1 aromatic carbocycles. The van der Waals surface area contributed by atoms with Crippen molar-refractivity contribution in [3.63, 3.8) is 0 Å². The molecule has 2 heterocycles. The molecule has 27 heavy (non-hydrogen) atoms. The van der Waals surface area contributed by atoms with E-state index in [9.17, 15) is 8.42 Å². The van der Waals surface area contributed by atoms with E-state index in [1.54, 1.807) is 16.4 Å². The van der Waals surface area contributed by atoms with E-state index in [-0.39, 0.29) is 17.2 Å². The smallest absolute Gasteiger partial charge is 0.243 e. The van der Waals surface area contributed by atoms with Gasteiger partial charge in [0, 0.05) is 12.6 Å². The van der Waals surface area contributed by atoms with Gasteiger partial charge in [0.15, 0.2) is 0 Å². The zero-order valence-corrected chi connectivity index (χ0v) is 19.0. The molecular formula is C21H31NO3SSi. The quantitative estimate of drug-likeness (QED) is 0.427. The Hall–Kier alpha value is -0.953. The third-order valence-corrected chi connectivity index (χ3v) is 15.6. The van der Waals surface area contributed by atoms with Gasteiger partial charge in [-0.05, 0) is 41.6 Å². The second-order valence-corrected chi connectivity index (χ2v) is 17.5. The van der Waals surface area contributed by atoms with Crippen molar-refractivity contribution in [2.75, 3.05) is 6.54 Å². The fraction of sp³-hybridized carbons (Fsp3) is 0.619. The minimum Gasteiger partial charge on any atom is -0.365 e. The molecule has 4 nitrogen and oxygen atoms in total. The van der Waals surface area contributed by atoms with Crippen molar-refractivity contribution in [2.45, 2.75) is 80.9 Å². The highest BCUT2D eigenvalue weighted by atomic mass is 32.2. The SMILES string of the molecule is Cc1ccc(S(=O)(=O)N2CC=C3[C@H]2C[C@@H]([Si](C)(C)C(C)(C)C)[C@H]2O[C@@H]32)cc1. The summed E-state index contributed by atoms with van der Waals surface area (Å²) in [6.45, 7) is 14.3. The molecule has 1 aromatic rings. The third kappa shape index (κ3) is 2.96. The predicted molar refractivity (Wildman–Crippen MR) is 111 cm³/mol. The summed E-state index contributed by atoms with van der Waals surface area (Å²) in [6.07, 6.45) is 3.44. The van der Waals surface area contributed by atoms with Crippen LogP contribution in [-0.2, 0) is 14.8 Å². The molecule has 3 aliphatic rings. The van der Waals surface area contributed by atoms with Crippen LogP contribution in [0.5, 0.6) is 0 Å². The van der Waals surface area contributed by atoms with E-state index >= 15 is 0 Å². The van der Waals surface area contributed by atoms with Gasteiger partial charge in [0.2, 0.25) is 10.0 Å². The fourth-order valence-electron chi connectivity index (χ4n) is 4.63. The first-order valence-electron chi connectivity index (χ1n) is 9.88. The first kappa shape index (κ1) is 19.4. The maximum Gasteiger partial charge on any atom is 0.243 e. The van der Waals surface area contributed by atoms with Gasteiger partial charge >= 0.3 is 0 Å². The summed E-state index contributed by atoms with van der Waals surface area (Å²) in [5, 5.41) is 0.259. The normalized spacial score (nSPS) is 31.3. The zero-order valence-electron chi connectivity index (χ0n) is 17.2. The van der Waals surface area contributed by atoms with Crippen molar-refractivity contribution in [1.82, 2.24) is 4.31 Å². The lowest BCUT2D eigenvalue weighted by molar-refractivity contribution is 0.353. The topological polar surface area (TPSA) is 49.9 Å². The molecule has 6 heteroatoms. The Kier molecular flexibility index (Phi) is 4.32. The van der Waals surface area contributed by atoms with E-state index in [0.29, 0.717) is 23.1 Å². The Morgan fingerprint density at radius 1 is 1.15 bits per heavy atom. The minimum absolute atomic E-state index is 0.0424. The number of ether oxygens (including phenoxy) is 1. The third-order valence-electron chi connectivity index (χ3n) is 7.45. The van der Waals surface area contributed by atoms with Crippen LogP contribution in [-0.4, -0.2) is 45.6 Å². The van der Waals surface area contributed by atoms with E-state index in [1.165, 1.54) is 5.57 Å². The molecule has 0 unspecified atom stereocenters. The van der Waals surface area contributed by atoms with Crippen LogP contribution in [0.2, 0.25) is 23.7 Å². The van der Waals surface area contributed by atoms with Crippen LogP contribution >= 0.6 is 0 Å². The van der Waals surface area contributed by atoms with Gasteiger partial charge in [-0.1, -0.05) is 57.6 Å². The highest BCUT2D eigenvalue weighted by molar-refractivity contribution is 7.89. The summed E-state index contributed by atoms with van der Waals surface area (Å²) < 4.78 is 34.5. The Labute approximate surface area is 164 Å². The molecule has 1 aliphatic carbocycles. The van der Waals surface area contributed by atoms with Crippen LogP contribution in [0, 0.1) is 6.92 Å². The summed E-state index contributed by atoms with van der Waals surface area (Å²) in [5.41, 5.74) is 2.75. The second-order valence-electron chi connectivity index (χ2n) is 9.94. The number of benzene rings is 1. The molecular weight excluding hydrogens is 374 g/mol.